The topological polar surface area (TPSA) is 230 Å². The molecule has 1 aliphatic carbocycles. The number of ether oxygens (including phenoxy) is 2. The minimum atomic E-state index is -5.17. The van der Waals surface area contributed by atoms with Gasteiger partial charge in [0, 0.05) is 12.8 Å². The fraction of sp³-hybridized carbons (Fsp3) is 0.702. The largest absolute Gasteiger partial charge is 0.472 e. The summed E-state index contributed by atoms with van der Waals surface area (Å²) in [6.45, 7) is 3.02. The number of hydrogen-bond donors (Lipinski definition) is 7. The Morgan fingerprint density at radius 3 is 1.68 bits per heavy atom. The van der Waals surface area contributed by atoms with Gasteiger partial charge in [0.15, 0.2) is 6.10 Å². The van der Waals surface area contributed by atoms with Gasteiger partial charge in [0.25, 0.3) is 0 Å². The van der Waals surface area contributed by atoms with Crippen molar-refractivity contribution in [2.45, 2.75) is 198 Å². The zero-order valence-electron chi connectivity index (χ0n) is 37.2. The van der Waals surface area contributed by atoms with Crippen molar-refractivity contribution in [3.8, 4) is 0 Å². The van der Waals surface area contributed by atoms with E-state index in [2.05, 4.69) is 50.3 Å². The zero-order valence-corrected chi connectivity index (χ0v) is 38.1. The first kappa shape index (κ1) is 57.3. The molecule has 1 saturated carbocycles. The Bertz CT molecular complexity index is 1380. The fourth-order valence-corrected chi connectivity index (χ4v) is 7.43. The number of aliphatic hydroxyl groups is 6. The van der Waals surface area contributed by atoms with Crippen LogP contribution in [-0.2, 0) is 32.7 Å². The van der Waals surface area contributed by atoms with E-state index in [9.17, 15) is 49.7 Å². The van der Waals surface area contributed by atoms with Crippen LogP contribution in [0.5, 0.6) is 0 Å². The summed E-state index contributed by atoms with van der Waals surface area (Å²) >= 11 is 0. The number of phosphoric acid groups is 1. The van der Waals surface area contributed by atoms with E-state index in [4.69, 9.17) is 18.5 Å². The lowest BCUT2D eigenvalue weighted by Crippen LogP contribution is -2.64. The molecule has 0 aromatic carbocycles. The molecule has 0 aliphatic heterocycles. The summed E-state index contributed by atoms with van der Waals surface area (Å²) in [5, 5.41) is 60.4. The molecule has 4 unspecified atom stereocenters. The van der Waals surface area contributed by atoms with Crippen LogP contribution < -0.4 is 0 Å². The molecule has 7 N–H and O–H groups in total. The minimum Gasteiger partial charge on any atom is -0.462 e. The van der Waals surface area contributed by atoms with E-state index in [1.165, 1.54) is 51.4 Å². The Labute approximate surface area is 370 Å². The molecule has 0 heterocycles. The molecule has 0 aromatic heterocycles. The molecule has 0 saturated heterocycles. The van der Waals surface area contributed by atoms with Gasteiger partial charge in [-0.25, -0.2) is 4.57 Å². The number of carbonyl (C=O) groups excluding carboxylic acids is 2. The summed E-state index contributed by atoms with van der Waals surface area (Å²) in [4.78, 5) is 35.6. The van der Waals surface area contributed by atoms with Crippen LogP contribution in [0.25, 0.3) is 0 Å². The SMILES string of the molecule is CC/C=C\C/C=C\C/C=C\C/C=C\C=C/C(O)C/C=C\CCC(=O)O[C@H](COC(=O)CCCCCCCCCCCCCCC)COP(=O)(O)OC1[C@H](O)[C@H](O)C(O)[C@H](O)[C@H]1O. The molecule has 1 fully saturated rings. The fourth-order valence-electron chi connectivity index (χ4n) is 6.46. The first-order chi connectivity index (χ1) is 29.8. The van der Waals surface area contributed by atoms with Crippen molar-refractivity contribution >= 4 is 19.8 Å². The molecule has 0 radical (unpaired) electrons. The number of esters is 2. The maximum atomic E-state index is 12.8. The van der Waals surface area contributed by atoms with E-state index >= 15 is 0 Å². The second-order valence-electron chi connectivity index (χ2n) is 15.7. The third-order valence-corrected chi connectivity index (χ3v) is 11.1. The lowest BCUT2D eigenvalue weighted by Gasteiger charge is -2.41. The van der Waals surface area contributed by atoms with Crippen LogP contribution in [0.2, 0.25) is 0 Å². The van der Waals surface area contributed by atoms with Gasteiger partial charge < -0.3 is 45.0 Å². The van der Waals surface area contributed by atoms with Crippen molar-refractivity contribution in [2.24, 2.45) is 0 Å². The quantitative estimate of drug-likeness (QED) is 0.0105. The Balaban J connectivity index is 2.58. The third kappa shape index (κ3) is 28.8. The molecule has 15 heteroatoms. The lowest BCUT2D eigenvalue weighted by atomic mass is 9.85. The first-order valence-corrected chi connectivity index (χ1v) is 24.3. The van der Waals surface area contributed by atoms with Crippen LogP contribution in [0.4, 0.5) is 0 Å². The molecule has 1 rings (SSSR count). The Hall–Kier alpha value is -2.75. The summed E-state index contributed by atoms with van der Waals surface area (Å²) in [6.07, 6.45) is 28.4. The molecule has 1 aliphatic rings. The maximum Gasteiger partial charge on any atom is 0.472 e. The Morgan fingerprint density at radius 2 is 1.11 bits per heavy atom. The predicted molar refractivity (Wildman–Crippen MR) is 241 cm³/mol. The first-order valence-electron chi connectivity index (χ1n) is 22.8. The van der Waals surface area contributed by atoms with Crippen molar-refractivity contribution in [1.29, 1.82) is 0 Å². The van der Waals surface area contributed by atoms with E-state index in [0.29, 0.717) is 12.8 Å². The monoisotopic (exact) mass is 899 g/mol. The van der Waals surface area contributed by atoms with Crippen molar-refractivity contribution in [3.63, 3.8) is 0 Å². The highest BCUT2D eigenvalue weighted by Crippen LogP contribution is 2.47. The number of hydrogen-bond acceptors (Lipinski definition) is 13. The standard InChI is InChI=1S/C47H79O14P/c1-3-5-7-9-11-13-15-17-19-21-23-25-28-32-38(48)33-29-27-31-35-41(50)60-39(37-59-62(56,57)61-47-45(54)43(52)42(51)44(53)46(47)55)36-58-40(49)34-30-26-24-22-20-18-16-14-12-10-8-6-4-2/h5,7,11,13,17,19,23,25,27-29,32,38-39,42-48,51-55H,3-4,6,8-10,12,14-16,18,20-22,24,26,30-31,33-37H2,1-2H3,(H,56,57)/b7-5-,13-11-,19-17-,25-23-,29-27-,32-28-/t38?,39-,42?,43-,44+,45-,46-,47?/m1/s1. The van der Waals surface area contributed by atoms with Crippen LogP contribution in [0.1, 0.15) is 149 Å². The van der Waals surface area contributed by atoms with Gasteiger partial charge in [0.05, 0.1) is 12.7 Å². The highest BCUT2D eigenvalue weighted by Gasteiger charge is 2.51. The summed E-state index contributed by atoms with van der Waals surface area (Å²) in [5.74, 6) is -1.28. The second kappa shape index (κ2) is 36.6. The van der Waals surface area contributed by atoms with Crippen LogP contribution in [0, 0.1) is 0 Å². The van der Waals surface area contributed by atoms with Crippen LogP contribution >= 0.6 is 7.82 Å². The average molecular weight is 899 g/mol. The van der Waals surface area contributed by atoms with Crippen LogP contribution in [-0.4, -0.2) is 110 Å². The average Bonchev–Trinajstić information content (AvgIpc) is 3.25. The van der Waals surface area contributed by atoms with Gasteiger partial charge in [-0.3, -0.25) is 18.6 Å². The van der Waals surface area contributed by atoms with Crippen molar-refractivity contribution in [2.75, 3.05) is 13.2 Å². The number of carbonyl (C=O) groups is 2. The molecule has 356 valence electrons. The van der Waals surface area contributed by atoms with E-state index < -0.39 is 81.8 Å². The van der Waals surface area contributed by atoms with Gasteiger partial charge in [-0.2, -0.15) is 0 Å². The highest BCUT2D eigenvalue weighted by molar-refractivity contribution is 7.47. The zero-order chi connectivity index (χ0) is 45.9. The van der Waals surface area contributed by atoms with Crippen LogP contribution in [0.3, 0.4) is 0 Å². The summed E-state index contributed by atoms with van der Waals surface area (Å²) in [6, 6.07) is 0. The molecule has 0 bridgehead atoms. The van der Waals surface area contributed by atoms with Gasteiger partial charge in [-0.1, -0.05) is 164 Å². The van der Waals surface area contributed by atoms with Crippen molar-refractivity contribution in [1.82, 2.24) is 0 Å². The molecule has 0 spiro atoms. The molecule has 14 nitrogen and oxygen atoms in total. The van der Waals surface area contributed by atoms with E-state index in [1.807, 2.05) is 12.2 Å². The summed E-state index contributed by atoms with van der Waals surface area (Å²) < 4.78 is 33.3. The van der Waals surface area contributed by atoms with E-state index in [0.717, 1.165) is 51.4 Å². The van der Waals surface area contributed by atoms with Crippen molar-refractivity contribution in [3.05, 3.63) is 72.9 Å². The maximum absolute atomic E-state index is 12.8. The van der Waals surface area contributed by atoms with Gasteiger partial charge in [0.1, 0.15) is 43.2 Å². The summed E-state index contributed by atoms with van der Waals surface area (Å²) in [7, 11) is -5.17. The second-order valence-corrected chi connectivity index (χ2v) is 17.1. The van der Waals surface area contributed by atoms with Gasteiger partial charge in [0.2, 0.25) is 0 Å². The van der Waals surface area contributed by atoms with Gasteiger partial charge in [-0.05, 0) is 44.9 Å². The molecular formula is C47H79O14P. The van der Waals surface area contributed by atoms with E-state index in [-0.39, 0.29) is 19.3 Å². The van der Waals surface area contributed by atoms with Crippen LogP contribution in [0.15, 0.2) is 72.9 Å². The normalized spacial score (nSPS) is 23.0. The van der Waals surface area contributed by atoms with Gasteiger partial charge in [-0.15, -0.1) is 0 Å². The molecule has 62 heavy (non-hydrogen) atoms. The number of aliphatic hydroxyl groups excluding tert-OH is 6. The molecule has 0 aromatic rings. The van der Waals surface area contributed by atoms with Gasteiger partial charge >= 0.3 is 19.8 Å². The van der Waals surface area contributed by atoms with Crippen molar-refractivity contribution < 1.29 is 68.2 Å². The predicted octanol–water partition coefficient (Wildman–Crippen LogP) is 7.69. The van der Waals surface area contributed by atoms with E-state index in [1.54, 1.807) is 24.3 Å². The molecular weight excluding hydrogens is 819 g/mol. The number of allylic oxidation sites excluding steroid dienone is 10. The molecule has 9 atom stereocenters. The summed E-state index contributed by atoms with van der Waals surface area (Å²) in [5.41, 5.74) is 0. The highest BCUT2D eigenvalue weighted by atomic mass is 31.2. The minimum absolute atomic E-state index is 0.111. The Kier molecular flexibility index (Phi) is 33.8. The smallest absolute Gasteiger partial charge is 0.462 e. The third-order valence-electron chi connectivity index (χ3n) is 10.2. The number of rotatable bonds is 36. The number of phosphoric ester groups is 1. The number of unbranched alkanes of at least 4 members (excludes halogenated alkanes) is 12. The molecule has 0 amide bonds. The lowest BCUT2D eigenvalue weighted by molar-refractivity contribution is -0.220. The Morgan fingerprint density at radius 1 is 0.597 bits per heavy atom.